The van der Waals surface area contributed by atoms with Crippen LogP contribution in [0.5, 0.6) is 5.75 Å². The molecule has 1 aromatic carbocycles. The van der Waals surface area contributed by atoms with Gasteiger partial charge in [0.05, 0.1) is 19.3 Å². The smallest absolute Gasteiger partial charge is 0.303 e. The topological polar surface area (TPSA) is 80.7 Å². The predicted octanol–water partition coefficient (Wildman–Crippen LogP) is 2.91. The van der Waals surface area contributed by atoms with Gasteiger partial charge in [-0.15, -0.1) is 5.92 Å². The largest absolute Gasteiger partial charge is 0.481 e. The molecule has 0 amide bonds. The number of hydrogen-bond donors (Lipinski definition) is 1. The number of sulfone groups is 1. The number of carbonyl (C=O) groups is 1. The molecule has 29 heavy (non-hydrogen) atoms. The second-order valence-corrected chi connectivity index (χ2v) is 7.68. The third kappa shape index (κ3) is 11.9. The van der Waals surface area contributed by atoms with E-state index in [1.807, 2.05) is 0 Å². The Labute approximate surface area is 172 Å². The predicted molar refractivity (Wildman–Crippen MR) is 111 cm³/mol. The van der Waals surface area contributed by atoms with E-state index in [1.54, 1.807) is 18.2 Å². The molecular weight excluding hydrogens is 388 g/mol. The summed E-state index contributed by atoms with van der Waals surface area (Å²) in [4.78, 5) is 10.5. The van der Waals surface area contributed by atoms with Gasteiger partial charge in [-0.2, -0.15) is 0 Å². The summed E-state index contributed by atoms with van der Waals surface area (Å²) >= 11 is 0. The molecule has 0 heterocycles. The summed E-state index contributed by atoms with van der Waals surface area (Å²) < 4.78 is 28.7. The number of aliphatic carboxylic acids is 1. The summed E-state index contributed by atoms with van der Waals surface area (Å²) in [6, 6.07) is 6.43. The third-order valence-corrected chi connectivity index (χ3v) is 4.41. The van der Waals surface area contributed by atoms with Crippen molar-refractivity contribution in [3.8, 4) is 53.1 Å². The molecule has 0 radical (unpaired) electrons. The summed E-state index contributed by atoms with van der Waals surface area (Å²) in [5, 5.41) is 8.48. The Morgan fingerprint density at radius 1 is 0.931 bits per heavy atom. The standard InChI is InChI=1S/C23H22O5S/c1-29(26,27)22-18-15-14-17-21(22)28-20-16-12-10-8-6-4-2-3-5-7-9-11-13-19-23(24)25/h14-15,17-18H,4-5,10-11,13,19-20H2,1H3,(H,24,25). The fraction of sp³-hybridized carbons (Fsp3) is 0.348. The maximum absolute atomic E-state index is 11.7. The third-order valence-electron chi connectivity index (χ3n) is 3.27. The second-order valence-electron chi connectivity index (χ2n) is 5.70. The van der Waals surface area contributed by atoms with Gasteiger partial charge in [0, 0.05) is 19.1 Å². The summed E-state index contributed by atoms with van der Waals surface area (Å²) in [6.45, 7) is 0.0825. The first-order valence-electron chi connectivity index (χ1n) is 8.88. The van der Waals surface area contributed by atoms with E-state index in [0.717, 1.165) is 6.26 Å². The zero-order chi connectivity index (χ0) is 21.4. The van der Waals surface area contributed by atoms with Crippen molar-refractivity contribution in [3.05, 3.63) is 24.3 Å². The summed E-state index contributed by atoms with van der Waals surface area (Å²) in [6.07, 6.45) is 3.64. The van der Waals surface area contributed by atoms with Crippen LogP contribution in [-0.4, -0.2) is 32.4 Å². The molecule has 0 aliphatic rings. The highest BCUT2D eigenvalue weighted by Crippen LogP contribution is 2.22. The van der Waals surface area contributed by atoms with E-state index in [9.17, 15) is 13.2 Å². The Kier molecular flexibility index (Phi) is 11.3. The first kappa shape index (κ1) is 23.7. The molecule has 1 aromatic rings. The lowest BCUT2D eigenvalue weighted by Crippen LogP contribution is -2.03. The summed E-state index contributed by atoms with van der Waals surface area (Å²) in [7, 11) is -3.35. The molecule has 0 unspecified atom stereocenters. The van der Waals surface area contributed by atoms with E-state index < -0.39 is 15.8 Å². The van der Waals surface area contributed by atoms with E-state index in [1.165, 1.54) is 6.07 Å². The Morgan fingerprint density at radius 3 is 2.07 bits per heavy atom. The van der Waals surface area contributed by atoms with Gasteiger partial charge >= 0.3 is 5.97 Å². The lowest BCUT2D eigenvalue weighted by atomic mass is 10.2. The van der Waals surface area contributed by atoms with Gasteiger partial charge in [0.1, 0.15) is 17.3 Å². The lowest BCUT2D eigenvalue weighted by Gasteiger charge is -2.06. The average Bonchev–Trinajstić information content (AvgIpc) is 2.67. The van der Waals surface area contributed by atoms with Crippen molar-refractivity contribution in [1.82, 2.24) is 0 Å². The number of rotatable bonds is 6. The monoisotopic (exact) mass is 410 g/mol. The van der Waals surface area contributed by atoms with Crippen LogP contribution in [0.4, 0.5) is 0 Å². The van der Waals surface area contributed by atoms with Gasteiger partial charge in [0.25, 0.3) is 0 Å². The fourth-order valence-corrected chi connectivity index (χ4v) is 2.78. The molecule has 0 saturated heterocycles. The Bertz CT molecular complexity index is 1040. The van der Waals surface area contributed by atoms with Crippen molar-refractivity contribution >= 4 is 15.8 Å². The molecule has 0 saturated carbocycles. The van der Waals surface area contributed by atoms with E-state index in [0.29, 0.717) is 32.1 Å². The van der Waals surface area contributed by atoms with Crippen molar-refractivity contribution in [2.45, 2.75) is 43.4 Å². The van der Waals surface area contributed by atoms with Crippen LogP contribution in [0, 0.1) is 47.4 Å². The zero-order valence-corrected chi connectivity index (χ0v) is 17.1. The minimum atomic E-state index is -3.35. The first-order valence-corrected chi connectivity index (χ1v) is 10.8. The van der Waals surface area contributed by atoms with Gasteiger partial charge in [-0.3, -0.25) is 4.79 Å². The van der Waals surface area contributed by atoms with Crippen molar-refractivity contribution in [1.29, 1.82) is 0 Å². The number of carboxylic acids is 1. The van der Waals surface area contributed by atoms with Crippen LogP contribution in [0.1, 0.15) is 38.5 Å². The molecule has 150 valence electrons. The maximum Gasteiger partial charge on any atom is 0.303 e. The molecule has 0 aliphatic carbocycles. The molecule has 1 rings (SSSR count). The molecule has 0 bridgehead atoms. The molecule has 0 fully saturated rings. The highest BCUT2D eigenvalue weighted by atomic mass is 32.2. The normalized spacial score (nSPS) is 9.28. The highest BCUT2D eigenvalue weighted by molar-refractivity contribution is 7.90. The van der Waals surface area contributed by atoms with Crippen molar-refractivity contribution in [3.63, 3.8) is 0 Å². The molecule has 0 spiro atoms. The SMILES string of the molecule is CS(=O)(=O)c1ccccc1OCC#CCC#CCC#CCC#CCCCC(=O)O. The Morgan fingerprint density at radius 2 is 1.48 bits per heavy atom. The molecule has 0 atom stereocenters. The van der Waals surface area contributed by atoms with E-state index in [2.05, 4.69) is 47.4 Å². The molecule has 1 N–H and O–H groups in total. The first-order chi connectivity index (χ1) is 13.9. The van der Waals surface area contributed by atoms with Crippen molar-refractivity contribution in [2.75, 3.05) is 12.9 Å². The number of benzene rings is 1. The summed E-state index contributed by atoms with van der Waals surface area (Å²) in [5.74, 6) is 22.4. The van der Waals surface area contributed by atoms with Crippen molar-refractivity contribution < 1.29 is 23.1 Å². The molecular formula is C23H22O5S. The zero-order valence-electron chi connectivity index (χ0n) is 16.2. The average molecular weight is 410 g/mol. The minimum absolute atomic E-state index is 0.0825. The highest BCUT2D eigenvalue weighted by Gasteiger charge is 2.12. The van der Waals surface area contributed by atoms with E-state index in [4.69, 9.17) is 9.84 Å². The van der Waals surface area contributed by atoms with Gasteiger partial charge in [-0.1, -0.05) is 53.6 Å². The van der Waals surface area contributed by atoms with Crippen LogP contribution in [0.25, 0.3) is 0 Å². The number of hydrogen-bond acceptors (Lipinski definition) is 4. The number of ether oxygens (including phenoxy) is 1. The fourth-order valence-electron chi connectivity index (χ4n) is 1.96. The van der Waals surface area contributed by atoms with Gasteiger partial charge in [0.15, 0.2) is 9.84 Å². The van der Waals surface area contributed by atoms with Gasteiger partial charge < -0.3 is 9.84 Å². The van der Waals surface area contributed by atoms with Crippen LogP contribution in [0.3, 0.4) is 0 Å². The molecule has 6 heteroatoms. The second kappa shape index (κ2) is 13.8. The Hall–Kier alpha value is -3.32. The number of carboxylic acid groups (broad SMARTS) is 1. The lowest BCUT2D eigenvalue weighted by molar-refractivity contribution is -0.137. The maximum atomic E-state index is 11.7. The number of para-hydroxylation sites is 1. The minimum Gasteiger partial charge on any atom is -0.481 e. The van der Waals surface area contributed by atoms with Crippen LogP contribution in [-0.2, 0) is 14.6 Å². The van der Waals surface area contributed by atoms with E-state index >= 15 is 0 Å². The van der Waals surface area contributed by atoms with Gasteiger partial charge in [-0.05, 0) is 18.6 Å². The number of unbranched alkanes of at least 4 members (excludes halogenated alkanes) is 1. The van der Waals surface area contributed by atoms with Crippen LogP contribution >= 0.6 is 0 Å². The van der Waals surface area contributed by atoms with Gasteiger partial charge in [0.2, 0.25) is 0 Å². The molecule has 0 aliphatic heterocycles. The van der Waals surface area contributed by atoms with Crippen LogP contribution in [0.15, 0.2) is 29.2 Å². The van der Waals surface area contributed by atoms with Crippen molar-refractivity contribution in [2.24, 2.45) is 0 Å². The van der Waals surface area contributed by atoms with Crippen LogP contribution < -0.4 is 4.74 Å². The molecule has 5 nitrogen and oxygen atoms in total. The van der Waals surface area contributed by atoms with Gasteiger partial charge in [-0.25, -0.2) is 8.42 Å². The molecule has 0 aromatic heterocycles. The Balaban J connectivity index is 2.25. The summed E-state index contributed by atoms with van der Waals surface area (Å²) in [5.41, 5.74) is 0. The van der Waals surface area contributed by atoms with E-state index in [-0.39, 0.29) is 23.7 Å². The quantitative estimate of drug-likeness (QED) is 0.576. The van der Waals surface area contributed by atoms with Crippen LogP contribution in [0.2, 0.25) is 0 Å².